The first-order chi connectivity index (χ1) is 12.1. The first-order valence-electron chi connectivity index (χ1n) is 9.19. The van der Waals surface area contributed by atoms with Crippen LogP contribution in [0.1, 0.15) is 37.3 Å². The standard InChI is InChI=1S/C22H29NS2/c1-4-21(23(2)3,19-11-7-5-8-12-19)15-16-22(24-17-18-25-22)20-13-9-6-10-14-20/h5-14H,4,15-18H2,1-3H3. The monoisotopic (exact) mass is 371 g/mol. The van der Waals surface area contributed by atoms with Crippen molar-refractivity contribution in [1.82, 2.24) is 4.90 Å². The molecule has 0 saturated carbocycles. The fourth-order valence-electron chi connectivity index (χ4n) is 4.05. The second-order valence-corrected chi connectivity index (χ2v) is 10.0. The van der Waals surface area contributed by atoms with Gasteiger partial charge in [-0.25, -0.2) is 0 Å². The molecule has 1 unspecified atom stereocenters. The Bertz CT molecular complexity index is 650. The summed E-state index contributed by atoms with van der Waals surface area (Å²) in [6.45, 7) is 2.33. The van der Waals surface area contributed by atoms with Crippen molar-refractivity contribution in [2.24, 2.45) is 0 Å². The molecule has 2 aromatic rings. The summed E-state index contributed by atoms with van der Waals surface area (Å²) < 4.78 is 0.215. The number of benzene rings is 2. The lowest BCUT2D eigenvalue weighted by Crippen LogP contribution is -2.42. The van der Waals surface area contributed by atoms with Gasteiger partial charge >= 0.3 is 0 Å². The minimum atomic E-state index is 0.104. The highest BCUT2D eigenvalue weighted by Crippen LogP contribution is 2.56. The van der Waals surface area contributed by atoms with Gasteiger partial charge in [0.25, 0.3) is 0 Å². The van der Waals surface area contributed by atoms with Gasteiger partial charge in [0.2, 0.25) is 0 Å². The Morgan fingerprint density at radius 3 is 2.00 bits per heavy atom. The molecule has 0 radical (unpaired) electrons. The summed E-state index contributed by atoms with van der Waals surface area (Å²) in [5, 5.41) is 0. The van der Waals surface area contributed by atoms with E-state index >= 15 is 0 Å². The van der Waals surface area contributed by atoms with Gasteiger partial charge in [0.05, 0.1) is 4.08 Å². The molecule has 0 aromatic heterocycles. The van der Waals surface area contributed by atoms with Crippen molar-refractivity contribution in [1.29, 1.82) is 0 Å². The fraction of sp³-hybridized carbons (Fsp3) is 0.455. The van der Waals surface area contributed by atoms with Crippen molar-refractivity contribution in [3.63, 3.8) is 0 Å². The number of nitrogens with zero attached hydrogens (tertiary/aromatic N) is 1. The van der Waals surface area contributed by atoms with Crippen molar-refractivity contribution >= 4 is 23.5 Å². The predicted molar refractivity (Wildman–Crippen MR) is 114 cm³/mol. The van der Waals surface area contributed by atoms with Crippen LogP contribution in [0.3, 0.4) is 0 Å². The van der Waals surface area contributed by atoms with Crippen LogP contribution in [0, 0.1) is 0 Å². The van der Waals surface area contributed by atoms with Crippen LogP contribution in [-0.4, -0.2) is 30.5 Å². The first kappa shape index (κ1) is 18.9. The maximum Gasteiger partial charge on any atom is 0.0861 e. The minimum Gasteiger partial charge on any atom is -0.300 e. The Morgan fingerprint density at radius 2 is 1.48 bits per heavy atom. The van der Waals surface area contributed by atoms with Gasteiger partial charge in [-0.3, -0.25) is 4.90 Å². The van der Waals surface area contributed by atoms with E-state index in [2.05, 4.69) is 110 Å². The van der Waals surface area contributed by atoms with Crippen LogP contribution in [0.2, 0.25) is 0 Å². The van der Waals surface area contributed by atoms with E-state index in [0.717, 1.165) is 6.42 Å². The molecular weight excluding hydrogens is 342 g/mol. The van der Waals surface area contributed by atoms with Crippen LogP contribution >= 0.6 is 23.5 Å². The number of hydrogen-bond acceptors (Lipinski definition) is 3. The van der Waals surface area contributed by atoms with Crippen molar-refractivity contribution < 1.29 is 0 Å². The van der Waals surface area contributed by atoms with Gasteiger partial charge in [-0.1, -0.05) is 67.6 Å². The molecule has 0 N–H and O–H groups in total. The van der Waals surface area contributed by atoms with Gasteiger partial charge in [0.15, 0.2) is 0 Å². The van der Waals surface area contributed by atoms with Gasteiger partial charge in [-0.15, -0.1) is 23.5 Å². The molecule has 1 saturated heterocycles. The summed E-state index contributed by atoms with van der Waals surface area (Å²) in [6, 6.07) is 22.2. The molecule has 0 aliphatic carbocycles. The van der Waals surface area contributed by atoms with E-state index in [1.54, 1.807) is 0 Å². The fourth-order valence-corrected chi connectivity index (χ4v) is 7.30. The molecule has 1 nitrogen and oxygen atoms in total. The van der Waals surface area contributed by atoms with Crippen LogP contribution in [0.4, 0.5) is 0 Å². The average molecular weight is 372 g/mol. The van der Waals surface area contributed by atoms with Gasteiger partial charge in [-0.2, -0.15) is 0 Å². The third-order valence-electron chi connectivity index (χ3n) is 5.59. The molecule has 134 valence electrons. The van der Waals surface area contributed by atoms with Gasteiger partial charge in [-0.05, 0) is 44.5 Å². The van der Waals surface area contributed by atoms with E-state index in [1.807, 2.05) is 0 Å². The Balaban J connectivity index is 1.90. The molecule has 3 heteroatoms. The molecule has 0 spiro atoms. The predicted octanol–water partition coefficient (Wildman–Crippen LogP) is 5.97. The highest BCUT2D eigenvalue weighted by Gasteiger charge is 2.41. The van der Waals surface area contributed by atoms with Crippen LogP contribution in [0.5, 0.6) is 0 Å². The Hall–Kier alpha value is -0.900. The second kappa shape index (κ2) is 8.20. The van der Waals surface area contributed by atoms with E-state index in [1.165, 1.54) is 35.5 Å². The highest BCUT2D eigenvalue weighted by molar-refractivity contribution is 8.20. The maximum absolute atomic E-state index is 2.44. The van der Waals surface area contributed by atoms with Crippen molar-refractivity contribution in [2.75, 3.05) is 25.6 Å². The van der Waals surface area contributed by atoms with Gasteiger partial charge < -0.3 is 0 Å². The SMILES string of the molecule is CCC(CCC1(c2ccccc2)SCCS1)(c1ccccc1)N(C)C. The Kier molecular flexibility index (Phi) is 6.19. The normalized spacial score (nSPS) is 19.0. The summed E-state index contributed by atoms with van der Waals surface area (Å²) >= 11 is 4.29. The van der Waals surface area contributed by atoms with E-state index < -0.39 is 0 Å². The van der Waals surface area contributed by atoms with Crippen LogP contribution < -0.4 is 0 Å². The highest BCUT2D eigenvalue weighted by atomic mass is 32.2. The topological polar surface area (TPSA) is 3.24 Å². The van der Waals surface area contributed by atoms with Gasteiger partial charge in [0.1, 0.15) is 0 Å². The Labute approximate surface area is 161 Å². The molecule has 1 fully saturated rings. The smallest absolute Gasteiger partial charge is 0.0861 e. The van der Waals surface area contributed by atoms with E-state index in [0.29, 0.717) is 0 Å². The van der Waals surface area contributed by atoms with Crippen molar-refractivity contribution in [3.05, 3.63) is 71.8 Å². The zero-order chi connectivity index (χ0) is 17.8. The first-order valence-corrected chi connectivity index (χ1v) is 11.2. The molecule has 1 heterocycles. The lowest BCUT2D eigenvalue weighted by molar-refractivity contribution is 0.128. The van der Waals surface area contributed by atoms with E-state index in [9.17, 15) is 0 Å². The van der Waals surface area contributed by atoms with Crippen LogP contribution in [-0.2, 0) is 9.62 Å². The molecule has 2 aromatic carbocycles. The van der Waals surface area contributed by atoms with Crippen molar-refractivity contribution in [3.8, 4) is 0 Å². The van der Waals surface area contributed by atoms with Crippen LogP contribution in [0.15, 0.2) is 60.7 Å². The molecule has 1 atom stereocenters. The summed E-state index contributed by atoms with van der Waals surface area (Å²) in [5.74, 6) is 2.51. The minimum absolute atomic E-state index is 0.104. The summed E-state index contributed by atoms with van der Waals surface area (Å²) in [5.41, 5.74) is 3.03. The molecule has 1 aliphatic heterocycles. The Morgan fingerprint density at radius 1 is 0.920 bits per heavy atom. The third-order valence-corrected chi connectivity index (χ3v) is 9.18. The molecular formula is C22H29NS2. The quantitative estimate of drug-likeness (QED) is 0.590. The second-order valence-electron chi connectivity index (χ2n) is 6.96. The largest absolute Gasteiger partial charge is 0.300 e. The van der Waals surface area contributed by atoms with Crippen LogP contribution in [0.25, 0.3) is 0 Å². The molecule has 3 rings (SSSR count). The number of thioether (sulfide) groups is 2. The number of hydrogen-bond donors (Lipinski definition) is 0. The molecule has 25 heavy (non-hydrogen) atoms. The zero-order valence-electron chi connectivity index (χ0n) is 15.6. The molecule has 0 amide bonds. The zero-order valence-corrected chi connectivity index (χ0v) is 17.2. The summed E-state index contributed by atoms with van der Waals surface area (Å²) in [6.07, 6.45) is 3.51. The third kappa shape index (κ3) is 3.79. The van der Waals surface area contributed by atoms with E-state index in [4.69, 9.17) is 0 Å². The average Bonchev–Trinajstić information content (AvgIpc) is 3.14. The lowest BCUT2D eigenvalue weighted by atomic mass is 9.81. The van der Waals surface area contributed by atoms with Gasteiger partial charge in [0, 0.05) is 17.0 Å². The maximum atomic E-state index is 2.44. The number of rotatable bonds is 7. The molecule has 0 bridgehead atoms. The molecule has 1 aliphatic rings. The summed E-state index contributed by atoms with van der Waals surface area (Å²) in [4.78, 5) is 2.44. The lowest BCUT2D eigenvalue weighted by Gasteiger charge is -2.42. The summed E-state index contributed by atoms with van der Waals surface area (Å²) in [7, 11) is 4.47. The van der Waals surface area contributed by atoms with E-state index in [-0.39, 0.29) is 9.62 Å². The van der Waals surface area contributed by atoms with Crippen molar-refractivity contribution in [2.45, 2.75) is 35.8 Å².